The van der Waals surface area contributed by atoms with Crippen LogP contribution in [0.2, 0.25) is 0 Å². The van der Waals surface area contributed by atoms with E-state index >= 15 is 0 Å². The van der Waals surface area contributed by atoms with Gasteiger partial charge < -0.3 is 15.2 Å². The molecule has 1 aromatic carbocycles. The fourth-order valence-corrected chi connectivity index (χ4v) is 2.14. The summed E-state index contributed by atoms with van der Waals surface area (Å²) in [6, 6.07) is 4.03. The molecule has 2 N–H and O–H groups in total. The largest absolute Gasteiger partial charge is 0.488 e. The number of hydrogen-bond acceptors (Lipinski definition) is 3. The fraction of sp³-hybridized carbons (Fsp3) is 0.538. The second-order valence-corrected chi connectivity index (χ2v) is 4.45. The minimum Gasteiger partial charge on any atom is -0.488 e. The van der Waals surface area contributed by atoms with E-state index in [4.69, 9.17) is 15.2 Å². The Bertz CT molecular complexity index is 347. The minimum absolute atomic E-state index is 0.236. The molecule has 1 aliphatic rings. The molecule has 16 heavy (non-hydrogen) atoms. The van der Waals surface area contributed by atoms with Crippen molar-refractivity contribution in [3.8, 4) is 5.75 Å². The van der Waals surface area contributed by atoms with Crippen LogP contribution in [-0.2, 0) is 4.74 Å². The van der Waals surface area contributed by atoms with E-state index in [9.17, 15) is 0 Å². The number of hydrogen-bond donors (Lipinski definition) is 1. The lowest BCUT2D eigenvalue weighted by Crippen LogP contribution is -2.17. The highest BCUT2D eigenvalue weighted by Gasteiger charge is 2.17. The smallest absolute Gasteiger partial charge is 0.145 e. The molecule has 0 aliphatic carbocycles. The van der Waals surface area contributed by atoms with Crippen molar-refractivity contribution in [1.82, 2.24) is 0 Å². The second kappa shape index (κ2) is 4.74. The van der Waals surface area contributed by atoms with Crippen LogP contribution in [0.1, 0.15) is 24.0 Å². The second-order valence-electron chi connectivity index (χ2n) is 4.45. The lowest BCUT2D eigenvalue weighted by molar-refractivity contribution is 0.0680. The first-order valence-corrected chi connectivity index (χ1v) is 5.78. The molecule has 0 amide bonds. The standard InChI is InChI=1S/C13H19NO2/c1-9-6-10(2)13(12(14)7-9)16-8-11-4-3-5-15-11/h6-7,11H,3-5,8,14H2,1-2H3. The van der Waals surface area contributed by atoms with Gasteiger partial charge in [0, 0.05) is 6.61 Å². The summed E-state index contributed by atoms with van der Waals surface area (Å²) in [7, 11) is 0. The third kappa shape index (κ3) is 2.47. The quantitative estimate of drug-likeness (QED) is 0.797. The van der Waals surface area contributed by atoms with E-state index in [1.165, 1.54) is 5.56 Å². The maximum atomic E-state index is 5.94. The van der Waals surface area contributed by atoms with Gasteiger partial charge in [-0.25, -0.2) is 0 Å². The Balaban J connectivity index is 2.03. The molecular formula is C13H19NO2. The summed E-state index contributed by atoms with van der Waals surface area (Å²) >= 11 is 0. The van der Waals surface area contributed by atoms with Gasteiger partial charge in [-0.15, -0.1) is 0 Å². The number of ether oxygens (including phenoxy) is 2. The Morgan fingerprint density at radius 3 is 2.88 bits per heavy atom. The van der Waals surface area contributed by atoms with Gasteiger partial charge in [0.05, 0.1) is 11.8 Å². The zero-order valence-corrected chi connectivity index (χ0v) is 9.95. The predicted molar refractivity (Wildman–Crippen MR) is 64.8 cm³/mol. The maximum absolute atomic E-state index is 5.94. The first-order valence-electron chi connectivity index (χ1n) is 5.78. The zero-order valence-electron chi connectivity index (χ0n) is 9.95. The highest BCUT2D eigenvalue weighted by atomic mass is 16.5. The minimum atomic E-state index is 0.236. The number of benzene rings is 1. The fourth-order valence-electron chi connectivity index (χ4n) is 2.14. The van der Waals surface area contributed by atoms with Gasteiger partial charge in [-0.1, -0.05) is 6.07 Å². The maximum Gasteiger partial charge on any atom is 0.145 e. The van der Waals surface area contributed by atoms with Crippen LogP contribution in [0.4, 0.5) is 5.69 Å². The van der Waals surface area contributed by atoms with Gasteiger partial charge in [-0.3, -0.25) is 0 Å². The van der Waals surface area contributed by atoms with Crippen molar-refractivity contribution in [3.63, 3.8) is 0 Å². The molecule has 3 nitrogen and oxygen atoms in total. The number of rotatable bonds is 3. The van der Waals surface area contributed by atoms with Crippen LogP contribution in [-0.4, -0.2) is 19.3 Å². The normalized spacial score (nSPS) is 20.0. The van der Waals surface area contributed by atoms with Crippen LogP contribution in [0, 0.1) is 13.8 Å². The van der Waals surface area contributed by atoms with Gasteiger partial charge in [0.15, 0.2) is 0 Å². The van der Waals surface area contributed by atoms with Crippen molar-refractivity contribution in [2.45, 2.75) is 32.8 Å². The number of nitrogen functional groups attached to an aromatic ring is 1. The molecule has 2 rings (SSSR count). The van der Waals surface area contributed by atoms with Crippen molar-refractivity contribution in [1.29, 1.82) is 0 Å². The van der Waals surface area contributed by atoms with E-state index in [1.54, 1.807) is 0 Å². The molecule has 0 aromatic heterocycles. The van der Waals surface area contributed by atoms with Gasteiger partial charge in [-0.05, 0) is 43.9 Å². The van der Waals surface area contributed by atoms with Gasteiger partial charge >= 0.3 is 0 Å². The third-order valence-electron chi connectivity index (χ3n) is 2.89. The first kappa shape index (κ1) is 11.3. The van der Waals surface area contributed by atoms with Crippen LogP contribution < -0.4 is 10.5 Å². The first-order chi connectivity index (χ1) is 7.66. The van der Waals surface area contributed by atoms with Crippen molar-refractivity contribution in [2.75, 3.05) is 18.9 Å². The summed E-state index contributed by atoms with van der Waals surface area (Å²) in [5.41, 5.74) is 8.92. The topological polar surface area (TPSA) is 44.5 Å². The molecule has 1 aliphatic heterocycles. The number of anilines is 1. The lowest BCUT2D eigenvalue weighted by atomic mass is 10.1. The van der Waals surface area contributed by atoms with Gasteiger partial charge in [0.2, 0.25) is 0 Å². The molecule has 1 aromatic rings. The van der Waals surface area contributed by atoms with Crippen LogP contribution in [0.3, 0.4) is 0 Å². The summed E-state index contributed by atoms with van der Waals surface area (Å²) in [6.07, 6.45) is 2.46. The zero-order chi connectivity index (χ0) is 11.5. The molecule has 88 valence electrons. The van der Waals surface area contributed by atoms with Crippen molar-refractivity contribution in [3.05, 3.63) is 23.3 Å². The summed E-state index contributed by atoms with van der Waals surface area (Å²) in [4.78, 5) is 0. The third-order valence-corrected chi connectivity index (χ3v) is 2.89. The Labute approximate surface area is 96.5 Å². The predicted octanol–water partition coefficient (Wildman–Crippen LogP) is 2.44. The highest BCUT2D eigenvalue weighted by Crippen LogP contribution is 2.28. The van der Waals surface area contributed by atoms with Crippen molar-refractivity contribution < 1.29 is 9.47 Å². The van der Waals surface area contributed by atoms with Crippen LogP contribution in [0.15, 0.2) is 12.1 Å². The van der Waals surface area contributed by atoms with Crippen LogP contribution >= 0.6 is 0 Å². The van der Waals surface area contributed by atoms with E-state index in [1.807, 2.05) is 19.9 Å². The van der Waals surface area contributed by atoms with Gasteiger partial charge in [0.25, 0.3) is 0 Å². The Morgan fingerprint density at radius 1 is 1.44 bits per heavy atom. The molecule has 0 saturated carbocycles. The van der Waals surface area contributed by atoms with Crippen LogP contribution in [0.25, 0.3) is 0 Å². The average Bonchev–Trinajstić information content (AvgIpc) is 2.68. The van der Waals surface area contributed by atoms with Crippen LogP contribution in [0.5, 0.6) is 5.75 Å². The van der Waals surface area contributed by atoms with E-state index in [0.29, 0.717) is 6.61 Å². The average molecular weight is 221 g/mol. The Morgan fingerprint density at radius 2 is 2.25 bits per heavy atom. The van der Waals surface area contributed by atoms with Gasteiger partial charge in [0.1, 0.15) is 12.4 Å². The molecule has 0 radical (unpaired) electrons. The molecular weight excluding hydrogens is 202 g/mol. The molecule has 1 saturated heterocycles. The van der Waals surface area contributed by atoms with Crippen molar-refractivity contribution in [2.24, 2.45) is 0 Å². The van der Waals surface area contributed by atoms with E-state index < -0.39 is 0 Å². The Hall–Kier alpha value is -1.22. The summed E-state index contributed by atoms with van der Waals surface area (Å²) in [5.74, 6) is 0.807. The molecule has 1 atom stereocenters. The number of aryl methyl sites for hydroxylation is 2. The van der Waals surface area contributed by atoms with E-state index in [0.717, 1.165) is 36.4 Å². The molecule has 0 bridgehead atoms. The summed E-state index contributed by atoms with van der Waals surface area (Å²) < 4.78 is 11.3. The van der Waals surface area contributed by atoms with E-state index in [-0.39, 0.29) is 6.10 Å². The lowest BCUT2D eigenvalue weighted by Gasteiger charge is -2.15. The molecule has 1 fully saturated rings. The molecule has 1 heterocycles. The monoisotopic (exact) mass is 221 g/mol. The Kier molecular flexibility index (Phi) is 3.34. The molecule has 3 heteroatoms. The molecule has 0 spiro atoms. The number of nitrogens with two attached hydrogens (primary N) is 1. The summed E-state index contributed by atoms with van der Waals surface area (Å²) in [6.45, 7) is 5.52. The van der Waals surface area contributed by atoms with E-state index in [2.05, 4.69) is 6.07 Å². The van der Waals surface area contributed by atoms with Crippen molar-refractivity contribution >= 4 is 5.69 Å². The highest BCUT2D eigenvalue weighted by molar-refractivity contribution is 5.58. The summed E-state index contributed by atoms with van der Waals surface area (Å²) in [5, 5.41) is 0. The molecule has 1 unspecified atom stereocenters. The van der Waals surface area contributed by atoms with Gasteiger partial charge in [-0.2, -0.15) is 0 Å². The SMILES string of the molecule is Cc1cc(C)c(OCC2CCCO2)c(N)c1.